The lowest BCUT2D eigenvalue weighted by Gasteiger charge is -2.45. The fourth-order valence-electron chi connectivity index (χ4n) is 4.09. The summed E-state index contributed by atoms with van der Waals surface area (Å²) in [6.45, 7) is 3.48. The van der Waals surface area contributed by atoms with E-state index in [-0.39, 0.29) is 24.3 Å². The van der Waals surface area contributed by atoms with E-state index in [9.17, 15) is 28.5 Å². The Bertz CT molecular complexity index is 646. The van der Waals surface area contributed by atoms with Crippen LogP contribution in [0.15, 0.2) is 18.3 Å². The Balaban J connectivity index is 1.71. The Morgan fingerprint density at radius 3 is 2.63 bits per heavy atom. The van der Waals surface area contributed by atoms with E-state index >= 15 is 0 Å². The summed E-state index contributed by atoms with van der Waals surface area (Å²) >= 11 is 0. The molecule has 0 saturated carbocycles. The normalized spacial score (nSPS) is 33.3. The van der Waals surface area contributed by atoms with Gasteiger partial charge in [0.2, 0.25) is 0 Å². The highest BCUT2D eigenvalue weighted by molar-refractivity contribution is 5.48. The molecule has 152 valence electrons. The second-order valence-corrected chi connectivity index (χ2v) is 7.57. The van der Waals surface area contributed by atoms with Gasteiger partial charge in [-0.1, -0.05) is 0 Å². The summed E-state index contributed by atoms with van der Waals surface area (Å²) in [7, 11) is 0. The molecule has 0 spiro atoms. The van der Waals surface area contributed by atoms with Crippen molar-refractivity contribution < 1.29 is 28.5 Å². The predicted molar refractivity (Wildman–Crippen MR) is 93.2 cm³/mol. The first-order chi connectivity index (χ1) is 12.7. The molecule has 5 atom stereocenters. The maximum Gasteiger partial charge on any atom is 0.419 e. The third-order valence-electron chi connectivity index (χ3n) is 5.64. The standard InChI is InChI=1S/C18H26F3N3O3/c1-11-15(26)16(27)14(25)10-24(11)9-12-4-3-7-23(8-12)17-13(18(19,20)21)5-2-6-22-17/h2,5-6,11-12,14-16,25-27H,3-4,7-10H2,1H3/t11-,12-,14+,15-,16-/m1/s1. The summed E-state index contributed by atoms with van der Waals surface area (Å²) in [6, 6.07) is 2.00. The van der Waals surface area contributed by atoms with Gasteiger partial charge < -0.3 is 20.2 Å². The van der Waals surface area contributed by atoms with Crippen LogP contribution < -0.4 is 4.90 Å². The Kier molecular flexibility index (Phi) is 5.95. The number of aliphatic hydroxyl groups excluding tert-OH is 3. The van der Waals surface area contributed by atoms with E-state index in [2.05, 4.69) is 4.98 Å². The van der Waals surface area contributed by atoms with Gasteiger partial charge in [-0.25, -0.2) is 4.98 Å². The minimum atomic E-state index is -4.46. The van der Waals surface area contributed by atoms with E-state index in [4.69, 9.17) is 0 Å². The van der Waals surface area contributed by atoms with E-state index in [1.165, 1.54) is 12.3 Å². The van der Waals surface area contributed by atoms with Crippen molar-refractivity contribution in [1.82, 2.24) is 9.88 Å². The number of anilines is 1. The van der Waals surface area contributed by atoms with E-state index in [1.807, 2.05) is 4.90 Å². The molecule has 2 fully saturated rings. The van der Waals surface area contributed by atoms with Crippen LogP contribution in [0.2, 0.25) is 0 Å². The first-order valence-electron chi connectivity index (χ1n) is 9.24. The highest BCUT2D eigenvalue weighted by Gasteiger charge is 2.40. The molecule has 6 nitrogen and oxygen atoms in total. The molecule has 1 aromatic heterocycles. The molecule has 27 heavy (non-hydrogen) atoms. The number of aromatic nitrogens is 1. The van der Waals surface area contributed by atoms with Crippen molar-refractivity contribution in [3.8, 4) is 0 Å². The number of hydrogen-bond acceptors (Lipinski definition) is 6. The summed E-state index contributed by atoms with van der Waals surface area (Å²) in [6.07, 6.45) is -4.76. The molecule has 0 bridgehead atoms. The fraction of sp³-hybridized carbons (Fsp3) is 0.722. The second-order valence-electron chi connectivity index (χ2n) is 7.57. The van der Waals surface area contributed by atoms with Gasteiger partial charge in [0.25, 0.3) is 0 Å². The molecular weight excluding hydrogens is 363 g/mol. The predicted octanol–water partition coefficient (Wildman–Crippen LogP) is 1.10. The summed E-state index contributed by atoms with van der Waals surface area (Å²) in [5, 5.41) is 29.8. The van der Waals surface area contributed by atoms with Gasteiger partial charge in [0.1, 0.15) is 11.9 Å². The molecule has 1 aromatic rings. The van der Waals surface area contributed by atoms with Crippen LogP contribution in [0, 0.1) is 5.92 Å². The third kappa shape index (κ3) is 4.37. The summed E-state index contributed by atoms with van der Waals surface area (Å²) in [5.41, 5.74) is -0.731. The number of alkyl halides is 3. The van der Waals surface area contributed by atoms with Gasteiger partial charge >= 0.3 is 6.18 Å². The lowest BCUT2D eigenvalue weighted by molar-refractivity contribution is -0.137. The van der Waals surface area contributed by atoms with Gasteiger partial charge in [-0.05, 0) is 37.8 Å². The zero-order valence-electron chi connectivity index (χ0n) is 15.2. The summed E-state index contributed by atoms with van der Waals surface area (Å²) in [5.74, 6) is 0.0378. The molecule has 3 rings (SSSR count). The number of likely N-dealkylation sites (tertiary alicyclic amines) is 1. The Labute approximate surface area is 156 Å². The van der Waals surface area contributed by atoms with Crippen molar-refractivity contribution in [3.05, 3.63) is 23.9 Å². The highest BCUT2D eigenvalue weighted by Crippen LogP contribution is 2.36. The first-order valence-corrected chi connectivity index (χ1v) is 9.24. The molecule has 3 N–H and O–H groups in total. The minimum absolute atomic E-state index is 0.0446. The van der Waals surface area contributed by atoms with Crippen molar-refractivity contribution in [2.45, 2.75) is 50.3 Å². The summed E-state index contributed by atoms with van der Waals surface area (Å²) < 4.78 is 39.9. The van der Waals surface area contributed by atoms with Gasteiger partial charge in [-0.15, -0.1) is 0 Å². The smallest absolute Gasteiger partial charge is 0.389 e. The monoisotopic (exact) mass is 389 g/mol. The second kappa shape index (κ2) is 7.90. The van der Waals surface area contributed by atoms with Crippen molar-refractivity contribution in [1.29, 1.82) is 0 Å². The van der Waals surface area contributed by atoms with Crippen LogP contribution in [0.1, 0.15) is 25.3 Å². The van der Waals surface area contributed by atoms with Gasteiger partial charge in [-0.3, -0.25) is 4.90 Å². The molecule has 0 radical (unpaired) electrons. The average Bonchev–Trinajstić information content (AvgIpc) is 2.64. The lowest BCUT2D eigenvalue weighted by atomic mass is 9.91. The van der Waals surface area contributed by atoms with Gasteiger partial charge in [0.15, 0.2) is 0 Å². The van der Waals surface area contributed by atoms with E-state index in [0.29, 0.717) is 19.6 Å². The molecule has 0 aromatic carbocycles. The van der Waals surface area contributed by atoms with Crippen LogP contribution in [-0.2, 0) is 6.18 Å². The molecule has 0 amide bonds. The van der Waals surface area contributed by atoms with Crippen LogP contribution in [-0.4, -0.2) is 75.7 Å². The molecule has 3 heterocycles. The van der Waals surface area contributed by atoms with Gasteiger partial charge in [0.05, 0.1) is 17.8 Å². The maximum atomic E-state index is 13.3. The maximum absolute atomic E-state index is 13.3. The molecule has 9 heteroatoms. The zero-order chi connectivity index (χ0) is 19.8. The lowest BCUT2D eigenvalue weighted by Crippen LogP contribution is -2.61. The average molecular weight is 389 g/mol. The Morgan fingerprint density at radius 2 is 1.93 bits per heavy atom. The molecular formula is C18H26F3N3O3. The first kappa shape index (κ1) is 20.3. The number of hydrogen-bond donors (Lipinski definition) is 3. The number of pyridine rings is 1. The minimum Gasteiger partial charge on any atom is -0.389 e. The van der Waals surface area contributed by atoms with Gasteiger partial charge in [0, 0.05) is 38.4 Å². The topological polar surface area (TPSA) is 80.1 Å². The summed E-state index contributed by atoms with van der Waals surface area (Å²) in [4.78, 5) is 7.55. The molecule has 2 saturated heterocycles. The third-order valence-corrected chi connectivity index (χ3v) is 5.64. The SMILES string of the molecule is C[C@@H]1[C@@H](O)[C@H](O)[C@@H](O)CN1C[C@@H]1CCCN(c2ncccc2C(F)(F)F)C1. The molecule has 2 aliphatic heterocycles. The van der Waals surface area contributed by atoms with Crippen molar-refractivity contribution in [2.75, 3.05) is 31.1 Å². The zero-order valence-corrected chi connectivity index (χ0v) is 15.2. The van der Waals surface area contributed by atoms with Crippen LogP contribution >= 0.6 is 0 Å². The Hall–Kier alpha value is -1.42. The number of piperidine rings is 2. The van der Waals surface area contributed by atoms with Crippen LogP contribution in [0.5, 0.6) is 0 Å². The quantitative estimate of drug-likeness (QED) is 0.719. The van der Waals surface area contributed by atoms with Crippen molar-refractivity contribution in [2.24, 2.45) is 5.92 Å². The van der Waals surface area contributed by atoms with Crippen molar-refractivity contribution in [3.63, 3.8) is 0 Å². The van der Waals surface area contributed by atoms with Crippen LogP contribution in [0.25, 0.3) is 0 Å². The van der Waals surface area contributed by atoms with Crippen LogP contribution in [0.4, 0.5) is 19.0 Å². The van der Waals surface area contributed by atoms with Crippen molar-refractivity contribution >= 4 is 5.82 Å². The highest BCUT2D eigenvalue weighted by atomic mass is 19.4. The van der Waals surface area contributed by atoms with E-state index in [1.54, 1.807) is 11.8 Å². The molecule has 2 aliphatic rings. The largest absolute Gasteiger partial charge is 0.419 e. The number of aliphatic hydroxyl groups is 3. The Morgan fingerprint density at radius 1 is 1.19 bits per heavy atom. The number of halogens is 3. The van der Waals surface area contributed by atoms with Gasteiger partial charge in [-0.2, -0.15) is 13.2 Å². The number of rotatable bonds is 3. The number of β-amino-alcohol motifs (C(OH)–C–C–N with tert-alkyl or cyclic N) is 1. The molecule has 0 unspecified atom stereocenters. The van der Waals surface area contributed by atoms with Crippen LogP contribution in [0.3, 0.4) is 0 Å². The number of nitrogens with zero attached hydrogens (tertiary/aromatic N) is 3. The molecule has 0 aliphatic carbocycles. The van der Waals surface area contributed by atoms with E-state index < -0.39 is 30.1 Å². The fourth-order valence-corrected chi connectivity index (χ4v) is 4.09. The van der Waals surface area contributed by atoms with E-state index in [0.717, 1.165) is 18.9 Å².